The van der Waals surface area contributed by atoms with Gasteiger partial charge >= 0.3 is 5.97 Å². The topological polar surface area (TPSA) is 86.7 Å². The van der Waals surface area contributed by atoms with Crippen molar-refractivity contribution in [2.45, 2.75) is 30.4 Å². The summed E-state index contributed by atoms with van der Waals surface area (Å²) >= 11 is 0.797. The third-order valence-corrected chi connectivity index (χ3v) is 6.68. The average Bonchev–Trinajstić information content (AvgIpc) is 2.83. The van der Waals surface area contributed by atoms with Crippen molar-refractivity contribution in [2.75, 3.05) is 26.2 Å². The van der Waals surface area contributed by atoms with Crippen LogP contribution in [0.3, 0.4) is 0 Å². The Bertz CT molecular complexity index is 604. The summed E-state index contributed by atoms with van der Waals surface area (Å²) in [4.78, 5) is 13.3. The van der Waals surface area contributed by atoms with Crippen molar-refractivity contribution in [1.29, 1.82) is 0 Å². The lowest BCUT2D eigenvalue weighted by Gasteiger charge is -2.26. The van der Waals surface area contributed by atoms with Gasteiger partial charge in [0.05, 0.1) is 0 Å². The van der Waals surface area contributed by atoms with Gasteiger partial charge in [-0.1, -0.05) is 6.42 Å². The molecule has 1 fully saturated rings. The molecule has 6 nitrogen and oxygen atoms in total. The van der Waals surface area contributed by atoms with Crippen molar-refractivity contribution in [1.82, 2.24) is 9.62 Å². The Morgan fingerprint density at radius 3 is 2.62 bits per heavy atom. The summed E-state index contributed by atoms with van der Waals surface area (Å²) in [7, 11) is -3.62. The third-order valence-electron chi connectivity index (χ3n) is 3.52. The molecule has 21 heavy (non-hydrogen) atoms. The number of likely N-dealkylation sites (tertiary alicyclic amines) is 1. The molecule has 118 valence electrons. The van der Waals surface area contributed by atoms with E-state index >= 15 is 0 Å². The van der Waals surface area contributed by atoms with Crippen LogP contribution in [-0.4, -0.2) is 50.6 Å². The second kappa shape index (κ2) is 6.87. The number of nitrogens with one attached hydrogen (secondary N) is 1. The maximum absolute atomic E-state index is 12.1. The van der Waals surface area contributed by atoms with Crippen LogP contribution in [0.1, 0.15) is 34.5 Å². The molecule has 0 saturated carbocycles. The van der Waals surface area contributed by atoms with Gasteiger partial charge in [-0.15, -0.1) is 11.3 Å². The second-order valence-corrected chi connectivity index (χ2v) is 8.23. The Morgan fingerprint density at radius 2 is 2.05 bits per heavy atom. The number of sulfonamides is 1. The minimum absolute atomic E-state index is 0.0658. The molecule has 1 aliphatic heterocycles. The molecule has 0 atom stereocenters. The van der Waals surface area contributed by atoms with Crippen molar-refractivity contribution >= 4 is 27.3 Å². The molecule has 2 rings (SSSR count). The van der Waals surface area contributed by atoms with Crippen LogP contribution < -0.4 is 4.72 Å². The Hall–Kier alpha value is -0.960. The van der Waals surface area contributed by atoms with E-state index < -0.39 is 16.0 Å². The van der Waals surface area contributed by atoms with Gasteiger partial charge in [-0.05, 0) is 44.5 Å². The molecule has 0 spiro atoms. The number of aromatic carboxylic acids is 1. The SMILES string of the molecule is Cc1cc(S(=O)(=O)NCCN2CCCCC2)sc1C(=O)O. The molecule has 1 saturated heterocycles. The predicted octanol–water partition coefficient (Wildman–Crippen LogP) is 1.52. The van der Waals surface area contributed by atoms with Gasteiger partial charge in [-0.25, -0.2) is 17.9 Å². The largest absolute Gasteiger partial charge is 0.477 e. The number of rotatable bonds is 6. The molecular formula is C13H20N2O4S2. The minimum Gasteiger partial charge on any atom is -0.477 e. The highest BCUT2D eigenvalue weighted by atomic mass is 32.2. The number of thiophene rings is 1. The molecule has 0 aromatic carbocycles. The van der Waals surface area contributed by atoms with Gasteiger partial charge in [0, 0.05) is 13.1 Å². The van der Waals surface area contributed by atoms with E-state index in [1.165, 1.54) is 25.3 Å². The Kier molecular flexibility index (Phi) is 5.37. The van der Waals surface area contributed by atoms with Crippen molar-refractivity contribution in [2.24, 2.45) is 0 Å². The lowest BCUT2D eigenvalue weighted by molar-refractivity contribution is 0.0701. The van der Waals surface area contributed by atoms with Crippen molar-refractivity contribution in [3.63, 3.8) is 0 Å². The fourth-order valence-electron chi connectivity index (χ4n) is 2.39. The predicted molar refractivity (Wildman–Crippen MR) is 81.5 cm³/mol. The number of piperidine rings is 1. The van der Waals surface area contributed by atoms with Gasteiger partial charge < -0.3 is 10.0 Å². The van der Waals surface area contributed by atoms with E-state index in [4.69, 9.17) is 5.11 Å². The van der Waals surface area contributed by atoms with Crippen molar-refractivity contribution in [3.8, 4) is 0 Å². The Labute approximate surface area is 128 Å². The number of carbonyl (C=O) groups is 1. The van der Waals surface area contributed by atoms with Crippen LogP contribution in [0.15, 0.2) is 10.3 Å². The summed E-state index contributed by atoms with van der Waals surface area (Å²) in [6.07, 6.45) is 3.58. The number of carboxylic acid groups (broad SMARTS) is 1. The first kappa shape index (κ1) is 16.4. The fraction of sp³-hybridized carbons (Fsp3) is 0.615. The maximum Gasteiger partial charge on any atom is 0.346 e. The summed E-state index contributed by atoms with van der Waals surface area (Å²) in [5, 5.41) is 8.98. The zero-order chi connectivity index (χ0) is 15.5. The summed E-state index contributed by atoms with van der Waals surface area (Å²) in [6, 6.07) is 1.41. The summed E-state index contributed by atoms with van der Waals surface area (Å²) in [5.41, 5.74) is 0.476. The molecule has 0 radical (unpaired) electrons. The number of hydrogen-bond donors (Lipinski definition) is 2. The van der Waals surface area contributed by atoms with E-state index in [9.17, 15) is 13.2 Å². The van der Waals surface area contributed by atoms with E-state index in [1.54, 1.807) is 6.92 Å². The van der Waals surface area contributed by atoms with Crippen molar-refractivity contribution < 1.29 is 18.3 Å². The first-order chi connectivity index (χ1) is 9.90. The third kappa shape index (κ3) is 4.26. The van der Waals surface area contributed by atoms with Gasteiger partial charge in [0.25, 0.3) is 0 Å². The van der Waals surface area contributed by atoms with Crippen LogP contribution in [0.25, 0.3) is 0 Å². The molecule has 0 unspecified atom stereocenters. The molecule has 1 aliphatic rings. The smallest absolute Gasteiger partial charge is 0.346 e. The summed E-state index contributed by atoms with van der Waals surface area (Å²) < 4.78 is 26.9. The van der Waals surface area contributed by atoms with E-state index in [2.05, 4.69) is 9.62 Å². The van der Waals surface area contributed by atoms with Crippen LogP contribution in [0, 0.1) is 6.92 Å². The molecule has 1 aromatic heterocycles. The van der Waals surface area contributed by atoms with Crippen molar-refractivity contribution in [3.05, 3.63) is 16.5 Å². The molecule has 1 aromatic rings. The first-order valence-electron chi connectivity index (χ1n) is 6.96. The quantitative estimate of drug-likeness (QED) is 0.825. The molecular weight excluding hydrogens is 312 g/mol. The highest BCUT2D eigenvalue weighted by molar-refractivity contribution is 7.91. The van der Waals surface area contributed by atoms with Crippen LogP contribution in [0.5, 0.6) is 0 Å². The first-order valence-corrected chi connectivity index (χ1v) is 9.26. The van der Waals surface area contributed by atoms with Crippen LogP contribution >= 0.6 is 11.3 Å². The van der Waals surface area contributed by atoms with E-state index in [-0.39, 0.29) is 9.09 Å². The Morgan fingerprint density at radius 1 is 1.38 bits per heavy atom. The summed E-state index contributed by atoms with van der Waals surface area (Å²) in [6.45, 7) is 4.68. The zero-order valence-electron chi connectivity index (χ0n) is 12.0. The number of nitrogens with zero attached hydrogens (tertiary/aromatic N) is 1. The second-order valence-electron chi connectivity index (χ2n) is 5.18. The molecule has 0 bridgehead atoms. The lowest BCUT2D eigenvalue weighted by atomic mass is 10.1. The zero-order valence-corrected chi connectivity index (χ0v) is 13.6. The summed E-state index contributed by atoms with van der Waals surface area (Å²) in [5.74, 6) is -1.09. The molecule has 0 amide bonds. The highest BCUT2D eigenvalue weighted by Gasteiger charge is 2.21. The minimum atomic E-state index is -3.62. The Balaban J connectivity index is 1.95. The molecule has 0 aliphatic carbocycles. The van der Waals surface area contributed by atoms with Crippen LogP contribution in [0.2, 0.25) is 0 Å². The van der Waals surface area contributed by atoms with Gasteiger partial charge in [0.15, 0.2) is 0 Å². The van der Waals surface area contributed by atoms with Gasteiger partial charge in [-0.2, -0.15) is 0 Å². The van der Waals surface area contributed by atoms with Gasteiger partial charge in [-0.3, -0.25) is 0 Å². The van der Waals surface area contributed by atoms with E-state index in [0.717, 1.165) is 24.4 Å². The van der Waals surface area contributed by atoms with Gasteiger partial charge in [0.1, 0.15) is 9.09 Å². The number of aryl methyl sites for hydroxylation is 1. The number of hydrogen-bond acceptors (Lipinski definition) is 5. The van der Waals surface area contributed by atoms with E-state index in [0.29, 0.717) is 18.7 Å². The normalized spacial score (nSPS) is 17.0. The lowest BCUT2D eigenvalue weighted by Crippen LogP contribution is -2.37. The fourth-order valence-corrected chi connectivity index (χ4v) is 4.83. The average molecular weight is 332 g/mol. The highest BCUT2D eigenvalue weighted by Crippen LogP contribution is 2.25. The van der Waals surface area contributed by atoms with E-state index in [1.807, 2.05) is 0 Å². The standard InChI is InChI=1S/C13H20N2O4S2/c1-10-9-11(20-12(10)13(16)17)21(18,19)14-5-8-15-6-3-2-4-7-15/h9,14H,2-8H2,1H3,(H,16,17). The van der Waals surface area contributed by atoms with Crippen LogP contribution in [-0.2, 0) is 10.0 Å². The molecule has 2 N–H and O–H groups in total. The number of carboxylic acids is 1. The van der Waals surface area contributed by atoms with Crippen LogP contribution in [0.4, 0.5) is 0 Å². The molecule has 2 heterocycles. The van der Waals surface area contributed by atoms with Gasteiger partial charge in [0.2, 0.25) is 10.0 Å². The monoisotopic (exact) mass is 332 g/mol. The maximum atomic E-state index is 12.1. The molecule has 8 heteroatoms.